The molecule has 4 atom stereocenters. The molecule has 1 saturated heterocycles. The second-order valence-electron chi connectivity index (χ2n) is 7.20. The summed E-state index contributed by atoms with van der Waals surface area (Å²) in [6, 6.07) is 5.55. The van der Waals surface area contributed by atoms with Gasteiger partial charge >= 0.3 is 0 Å². The summed E-state index contributed by atoms with van der Waals surface area (Å²) in [7, 11) is 0. The van der Waals surface area contributed by atoms with Crippen LogP contribution in [0.25, 0.3) is 0 Å². The van der Waals surface area contributed by atoms with Crippen molar-refractivity contribution in [1.82, 2.24) is 9.97 Å². The first-order chi connectivity index (χ1) is 12.8. The van der Waals surface area contributed by atoms with Gasteiger partial charge in [0.05, 0.1) is 12.3 Å². The van der Waals surface area contributed by atoms with Crippen molar-refractivity contribution in [1.29, 1.82) is 0 Å². The fourth-order valence-electron chi connectivity index (χ4n) is 4.28. The molecule has 2 fully saturated rings. The van der Waals surface area contributed by atoms with Crippen molar-refractivity contribution in [2.24, 2.45) is 11.8 Å². The van der Waals surface area contributed by atoms with Crippen molar-refractivity contribution >= 4 is 5.82 Å². The van der Waals surface area contributed by atoms with Crippen LogP contribution < -0.4 is 19.1 Å². The Morgan fingerprint density at radius 2 is 1.92 bits per heavy atom. The molecule has 1 saturated carbocycles. The number of benzene rings is 1. The topological polar surface area (TPSA) is 76.9 Å². The van der Waals surface area contributed by atoms with E-state index in [-0.39, 0.29) is 12.9 Å². The molecule has 5 rings (SSSR count). The number of nitrogens with zero attached hydrogens (tertiary/aromatic N) is 3. The van der Waals surface area contributed by atoms with Gasteiger partial charge < -0.3 is 24.2 Å². The van der Waals surface area contributed by atoms with E-state index in [1.54, 1.807) is 18.6 Å². The highest BCUT2D eigenvalue weighted by Crippen LogP contribution is 2.40. The second kappa shape index (κ2) is 6.32. The molecular weight excluding hydrogens is 334 g/mol. The van der Waals surface area contributed by atoms with E-state index in [0.29, 0.717) is 23.3 Å². The van der Waals surface area contributed by atoms with Gasteiger partial charge in [-0.05, 0) is 36.8 Å². The van der Waals surface area contributed by atoms with Gasteiger partial charge in [-0.15, -0.1) is 0 Å². The van der Waals surface area contributed by atoms with Crippen LogP contribution in [0.3, 0.4) is 0 Å². The largest absolute Gasteiger partial charge is 0.488 e. The summed E-state index contributed by atoms with van der Waals surface area (Å²) in [6.07, 6.45) is 6.10. The molecule has 7 heteroatoms. The van der Waals surface area contributed by atoms with E-state index in [1.807, 2.05) is 18.2 Å². The third kappa shape index (κ3) is 2.82. The summed E-state index contributed by atoms with van der Waals surface area (Å²) in [4.78, 5) is 10.8. The molecule has 3 heterocycles. The van der Waals surface area contributed by atoms with Gasteiger partial charge in [-0.1, -0.05) is 0 Å². The van der Waals surface area contributed by atoms with E-state index in [1.165, 1.54) is 0 Å². The van der Waals surface area contributed by atoms with Crippen LogP contribution in [0.5, 0.6) is 17.2 Å². The Hall–Kier alpha value is -2.54. The predicted molar refractivity (Wildman–Crippen MR) is 93.4 cm³/mol. The molecule has 0 radical (unpaired) electrons. The molecule has 0 unspecified atom stereocenters. The van der Waals surface area contributed by atoms with Gasteiger partial charge in [-0.3, -0.25) is 4.98 Å². The number of aliphatic hydroxyl groups excluding tert-OH is 1. The molecule has 0 bridgehead atoms. The zero-order chi connectivity index (χ0) is 17.5. The van der Waals surface area contributed by atoms with E-state index in [0.717, 1.165) is 37.5 Å². The third-order valence-corrected chi connectivity index (χ3v) is 5.59. The Morgan fingerprint density at radius 3 is 2.77 bits per heavy atom. The van der Waals surface area contributed by atoms with Crippen LogP contribution in [0.2, 0.25) is 0 Å². The van der Waals surface area contributed by atoms with Crippen molar-refractivity contribution in [3.05, 3.63) is 36.8 Å². The Labute approximate surface area is 151 Å². The van der Waals surface area contributed by atoms with Gasteiger partial charge in [-0.25, -0.2) is 4.98 Å². The number of aliphatic hydroxyl groups is 1. The number of aromatic nitrogens is 2. The first-order valence-electron chi connectivity index (χ1n) is 9.01. The minimum absolute atomic E-state index is 0.210. The van der Waals surface area contributed by atoms with Gasteiger partial charge in [-0.2, -0.15) is 0 Å². The molecule has 0 amide bonds. The fourth-order valence-corrected chi connectivity index (χ4v) is 4.28. The second-order valence-corrected chi connectivity index (χ2v) is 7.20. The first-order valence-corrected chi connectivity index (χ1v) is 9.01. The zero-order valence-corrected chi connectivity index (χ0v) is 14.3. The average Bonchev–Trinajstić information content (AvgIpc) is 3.29. The summed E-state index contributed by atoms with van der Waals surface area (Å²) < 4.78 is 16.8. The van der Waals surface area contributed by atoms with Gasteiger partial charge in [0.15, 0.2) is 11.5 Å². The van der Waals surface area contributed by atoms with Crippen molar-refractivity contribution in [3.63, 3.8) is 0 Å². The zero-order valence-electron chi connectivity index (χ0n) is 14.3. The van der Waals surface area contributed by atoms with E-state index in [2.05, 4.69) is 14.9 Å². The van der Waals surface area contributed by atoms with Gasteiger partial charge in [0.25, 0.3) is 0 Å². The molecule has 26 heavy (non-hydrogen) atoms. The molecule has 1 aliphatic carbocycles. The van der Waals surface area contributed by atoms with Gasteiger partial charge in [0, 0.05) is 31.5 Å². The lowest BCUT2D eigenvalue weighted by atomic mass is 9.78. The SMILES string of the molecule is O[C@@H]1C[C@H]2CN(c3cnccn3)C[C@H]2C[C@H]1Oc1ccc2c(c1)OCO2. The van der Waals surface area contributed by atoms with Crippen LogP contribution in [0.4, 0.5) is 5.82 Å². The van der Waals surface area contributed by atoms with Crippen LogP contribution in [0.1, 0.15) is 12.8 Å². The predicted octanol–water partition coefficient (Wildman–Crippen LogP) is 1.86. The number of hydrogen-bond acceptors (Lipinski definition) is 7. The molecule has 3 aliphatic rings. The van der Waals surface area contributed by atoms with Crippen LogP contribution in [-0.2, 0) is 0 Å². The number of rotatable bonds is 3. The van der Waals surface area contributed by atoms with Crippen LogP contribution >= 0.6 is 0 Å². The van der Waals surface area contributed by atoms with E-state index >= 15 is 0 Å². The van der Waals surface area contributed by atoms with Crippen molar-refractivity contribution < 1.29 is 19.3 Å². The van der Waals surface area contributed by atoms with E-state index < -0.39 is 6.10 Å². The Bertz CT molecular complexity index is 788. The molecule has 2 aromatic rings. The summed E-state index contributed by atoms with van der Waals surface area (Å²) in [6.45, 7) is 2.08. The number of ether oxygens (including phenoxy) is 3. The molecule has 1 aromatic carbocycles. The Kier molecular flexibility index (Phi) is 3.81. The van der Waals surface area contributed by atoms with E-state index in [9.17, 15) is 5.11 Å². The summed E-state index contributed by atoms with van der Waals surface area (Å²) in [5.74, 6) is 3.99. The normalized spacial score (nSPS) is 29.5. The smallest absolute Gasteiger partial charge is 0.231 e. The maximum atomic E-state index is 10.6. The van der Waals surface area contributed by atoms with Crippen molar-refractivity contribution in [2.45, 2.75) is 25.0 Å². The molecule has 1 N–H and O–H groups in total. The lowest BCUT2D eigenvalue weighted by molar-refractivity contribution is -0.0232. The van der Waals surface area contributed by atoms with Crippen LogP contribution in [-0.4, -0.2) is 47.2 Å². The molecule has 0 spiro atoms. The third-order valence-electron chi connectivity index (χ3n) is 5.59. The van der Waals surface area contributed by atoms with Gasteiger partial charge in [0.1, 0.15) is 17.7 Å². The standard InChI is InChI=1S/C19H21N3O4/c23-15-5-12-9-22(19-8-20-3-4-21-19)10-13(12)6-17(15)26-14-1-2-16-18(7-14)25-11-24-16/h1-4,7-8,12-13,15,17,23H,5-6,9-11H2/t12-,13+,15+,17+/m0/s1. The first kappa shape index (κ1) is 15.7. The van der Waals surface area contributed by atoms with Crippen molar-refractivity contribution in [2.75, 3.05) is 24.8 Å². The van der Waals surface area contributed by atoms with Crippen LogP contribution in [0.15, 0.2) is 36.8 Å². The van der Waals surface area contributed by atoms with Crippen molar-refractivity contribution in [3.8, 4) is 17.2 Å². The summed E-state index contributed by atoms with van der Waals surface area (Å²) in [5.41, 5.74) is 0. The Balaban J connectivity index is 1.28. The highest BCUT2D eigenvalue weighted by molar-refractivity contribution is 5.47. The average molecular weight is 355 g/mol. The minimum atomic E-state index is -0.469. The quantitative estimate of drug-likeness (QED) is 0.900. The maximum Gasteiger partial charge on any atom is 0.231 e. The number of hydrogen-bond donors (Lipinski definition) is 1. The highest BCUT2D eigenvalue weighted by atomic mass is 16.7. The molecular formula is C19H21N3O4. The molecule has 2 aliphatic heterocycles. The maximum absolute atomic E-state index is 10.6. The minimum Gasteiger partial charge on any atom is -0.488 e. The fraction of sp³-hybridized carbons (Fsp3) is 0.474. The van der Waals surface area contributed by atoms with Crippen LogP contribution in [0, 0.1) is 11.8 Å². The lowest BCUT2D eigenvalue weighted by Crippen LogP contribution is -2.42. The van der Waals surface area contributed by atoms with Gasteiger partial charge in [0.2, 0.25) is 6.79 Å². The number of anilines is 1. The molecule has 1 aromatic heterocycles. The summed E-state index contributed by atoms with van der Waals surface area (Å²) >= 11 is 0. The molecule has 136 valence electrons. The summed E-state index contributed by atoms with van der Waals surface area (Å²) in [5, 5.41) is 10.6. The molecule has 7 nitrogen and oxygen atoms in total. The Morgan fingerprint density at radius 1 is 1.08 bits per heavy atom. The lowest BCUT2D eigenvalue weighted by Gasteiger charge is -2.35. The monoisotopic (exact) mass is 355 g/mol. The van der Waals surface area contributed by atoms with E-state index in [4.69, 9.17) is 14.2 Å². The highest BCUT2D eigenvalue weighted by Gasteiger charge is 2.43. The number of fused-ring (bicyclic) bond motifs is 2.